The van der Waals surface area contributed by atoms with Crippen LogP contribution in [0.15, 0.2) is 41.4 Å². The molecule has 2 heterocycles. The van der Waals surface area contributed by atoms with Crippen LogP contribution in [0.2, 0.25) is 5.02 Å². The van der Waals surface area contributed by atoms with E-state index in [9.17, 15) is 10.1 Å². The Hall–Kier alpha value is -3.28. The van der Waals surface area contributed by atoms with E-state index in [0.717, 1.165) is 24.4 Å². The van der Waals surface area contributed by atoms with Crippen molar-refractivity contribution >= 4 is 29.2 Å². The van der Waals surface area contributed by atoms with Crippen molar-refractivity contribution in [3.63, 3.8) is 0 Å². The molecule has 2 aromatic carbocycles. The molecule has 0 bridgehead atoms. The first kappa shape index (κ1) is 24.8. The van der Waals surface area contributed by atoms with E-state index in [2.05, 4.69) is 11.0 Å². The number of urea groups is 1. The molecule has 0 atom stereocenters. The lowest BCUT2D eigenvalue weighted by Gasteiger charge is -2.32. The van der Waals surface area contributed by atoms with Gasteiger partial charge in [0.1, 0.15) is 17.7 Å². The molecule has 2 aromatic rings. The zero-order chi connectivity index (χ0) is 24.8. The Morgan fingerprint density at radius 2 is 1.71 bits per heavy atom. The minimum atomic E-state index is 0.0775. The standard InChI is InChI=1S/C26H30ClN5O3/c1-19(30-8-5-9-31(11-10-30)26(33)32-12-14-35-15-13-32)29-25-17-20(34-2)16-22(23(25)18-28)21-6-3-4-7-24(21)27/h3-4,6-7,16-17H,5,8-15H2,1-2H3/b29-19+. The maximum absolute atomic E-state index is 12.9. The summed E-state index contributed by atoms with van der Waals surface area (Å²) in [7, 11) is 1.59. The van der Waals surface area contributed by atoms with Gasteiger partial charge >= 0.3 is 6.03 Å². The molecule has 0 unspecified atom stereocenters. The van der Waals surface area contributed by atoms with Crippen molar-refractivity contribution in [2.75, 3.05) is 59.6 Å². The van der Waals surface area contributed by atoms with Crippen LogP contribution in [-0.2, 0) is 4.74 Å². The van der Waals surface area contributed by atoms with Gasteiger partial charge in [-0.15, -0.1) is 0 Å². The SMILES string of the molecule is COc1cc(/N=C(\C)N2CCCN(C(=O)N3CCOCC3)CC2)c(C#N)c(-c2ccccc2Cl)c1. The maximum atomic E-state index is 12.9. The van der Waals surface area contributed by atoms with Crippen LogP contribution in [0.5, 0.6) is 5.75 Å². The number of nitrogens with zero attached hydrogens (tertiary/aromatic N) is 5. The summed E-state index contributed by atoms with van der Waals surface area (Å²) in [5.74, 6) is 1.39. The monoisotopic (exact) mass is 495 g/mol. The van der Waals surface area contributed by atoms with Gasteiger partial charge in [-0.1, -0.05) is 29.8 Å². The van der Waals surface area contributed by atoms with Crippen molar-refractivity contribution in [2.24, 2.45) is 4.99 Å². The summed E-state index contributed by atoms with van der Waals surface area (Å²) in [6.45, 7) is 7.19. The minimum absolute atomic E-state index is 0.0775. The summed E-state index contributed by atoms with van der Waals surface area (Å²) in [6, 6.07) is 13.4. The van der Waals surface area contributed by atoms with Gasteiger partial charge in [-0.3, -0.25) is 0 Å². The number of carbonyl (C=O) groups excluding carboxylic acids is 1. The molecular formula is C26H30ClN5O3. The summed E-state index contributed by atoms with van der Waals surface area (Å²) in [6.07, 6.45) is 0.844. The lowest BCUT2D eigenvalue weighted by molar-refractivity contribution is 0.0437. The molecule has 0 spiro atoms. The lowest BCUT2D eigenvalue weighted by Crippen LogP contribution is -2.49. The summed E-state index contributed by atoms with van der Waals surface area (Å²) >= 11 is 6.44. The van der Waals surface area contributed by atoms with Gasteiger partial charge in [-0.25, -0.2) is 9.79 Å². The van der Waals surface area contributed by atoms with Gasteiger partial charge in [0.2, 0.25) is 0 Å². The fourth-order valence-corrected chi connectivity index (χ4v) is 4.69. The quantitative estimate of drug-likeness (QED) is 0.465. The van der Waals surface area contributed by atoms with Crippen LogP contribution in [0.1, 0.15) is 18.9 Å². The van der Waals surface area contributed by atoms with Crippen molar-refractivity contribution in [3.8, 4) is 22.9 Å². The first-order valence-corrected chi connectivity index (χ1v) is 12.2. The molecule has 2 amide bonds. The van der Waals surface area contributed by atoms with E-state index in [1.807, 2.05) is 41.0 Å². The maximum Gasteiger partial charge on any atom is 0.320 e. The fraction of sp³-hybridized carbons (Fsp3) is 0.423. The first-order valence-electron chi connectivity index (χ1n) is 11.8. The van der Waals surface area contributed by atoms with E-state index in [1.54, 1.807) is 19.2 Å². The number of nitriles is 1. The average Bonchev–Trinajstić information content (AvgIpc) is 3.15. The van der Waals surface area contributed by atoms with Crippen LogP contribution >= 0.6 is 11.6 Å². The van der Waals surface area contributed by atoms with Crippen LogP contribution < -0.4 is 4.74 Å². The van der Waals surface area contributed by atoms with Crippen molar-refractivity contribution in [2.45, 2.75) is 13.3 Å². The summed E-state index contributed by atoms with van der Waals surface area (Å²) < 4.78 is 10.9. The third-order valence-electron chi connectivity index (χ3n) is 6.39. The number of ether oxygens (including phenoxy) is 2. The van der Waals surface area contributed by atoms with E-state index in [4.69, 9.17) is 26.1 Å². The molecule has 2 saturated heterocycles. The molecule has 0 saturated carbocycles. The van der Waals surface area contributed by atoms with Gasteiger partial charge in [-0.2, -0.15) is 5.26 Å². The number of aliphatic imine (C=N–C) groups is 1. The third kappa shape index (κ3) is 5.69. The number of morpholine rings is 1. The number of hydrogen-bond donors (Lipinski definition) is 0. The molecular weight excluding hydrogens is 466 g/mol. The van der Waals surface area contributed by atoms with E-state index < -0.39 is 0 Å². The number of methoxy groups -OCH3 is 1. The minimum Gasteiger partial charge on any atom is -0.497 e. The second-order valence-electron chi connectivity index (χ2n) is 8.53. The second kappa shape index (κ2) is 11.4. The van der Waals surface area contributed by atoms with Gasteiger partial charge in [-0.05, 0) is 25.5 Å². The Morgan fingerprint density at radius 1 is 1.03 bits per heavy atom. The van der Waals surface area contributed by atoms with E-state index in [-0.39, 0.29) is 6.03 Å². The number of rotatable bonds is 3. The molecule has 0 radical (unpaired) electrons. The molecule has 8 nitrogen and oxygen atoms in total. The predicted molar refractivity (Wildman–Crippen MR) is 136 cm³/mol. The van der Waals surface area contributed by atoms with Crippen molar-refractivity contribution in [1.29, 1.82) is 5.26 Å². The molecule has 184 valence electrons. The van der Waals surface area contributed by atoms with Crippen LogP contribution in [-0.4, -0.2) is 86.2 Å². The number of carbonyl (C=O) groups is 1. The van der Waals surface area contributed by atoms with Gasteiger partial charge in [0.15, 0.2) is 0 Å². The molecule has 2 aliphatic heterocycles. The number of amides is 2. The number of amidine groups is 1. The zero-order valence-corrected chi connectivity index (χ0v) is 20.9. The molecule has 2 fully saturated rings. The zero-order valence-electron chi connectivity index (χ0n) is 20.2. The number of halogens is 1. The Balaban J connectivity index is 1.57. The highest BCUT2D eigenvalue weighted by Crippen LogP contribution is 2.38. The van der Waals surface area contributed by atoms with E-state index >= 15 is 0 Å². The van der Waals surface area contributed by atoms with E-state index in [0.29, 0.717) is 73.5 Å². The Bertz CT molecular complexity index is 1140. The summed E-state index contributed by atoms with van der Waals surface area (Å²) in [5.41, 5.74) is 2.41. The molecule has 4 rings (SSSR count). The Morgan fingerprint density at radius 3 is 2.43 bits per heavy atom. The molecule has 9 heteroatoms. The topological polar surface area (TPSA) is 81.4 Å². The van der Waals surface area contributed by atoms with Gasteiger partial charge in [0, 0.05) is 61.5 Å². The van der Waals surface area contributed by atoms with Gasteiger partial charge < -0.3 is 24.2 Å². The van der Waals surface area contributed by atoms with E-state index in [1.165, 1.54) is 0 Å². The fourth-order valence-electron chi connectivity index (χ4n) is 4.45. The van der Waals surface area contributed by atoms with Crippen molar-refractivity contribution < 1.29 is 14.3 Å². The molecule has 0 aliphatic carbocycles. The summed E-state index contributed by atoms with van der Waals surface area (Å²) in [4.78, 5) is 23.7. The first-order chi connectivity index (χ1) is 17.0. The Labute approximate surface area is 211 Å². The smallest absolute Gasteiger partial charge is 0.320 e. The van der Waals surface area contributed by atoms with Crippen LogP contribution in [0.4, 0.5) is 10.5 Å². The highest BCUT2D eigenvalue weighted by Gasteiger charge is 2.25. The predicted octanol–water partition coefficient (Wildman–Crippen LogP) is 4.40. The second-order valence-corrected chi connectivity index (χ2v) is 8.94. The van der Waals surface area contributed by atoms with Crippen LogP contribution in [0, 0.1) is 11.3 Å². The van der Waals surface area contributed by atoms with Crippen LogP contribution in [0.25, 0.3) is 11.1 Å². The van der Waals surface area contributed by atoms with Crippen molar-refractivity contribution in [3.05, 3.63) is 47.0 Å². The highest BCUT2D eigenvalue weighted by molar-refractivity contribution is 6.33. The van der Waals surface area contributed by atoms with Crippen LogP contribution in [0.3, 0.4) is 0 Å². The molecule has 35 heavy (non-hydrogen) atoms. The van der Waals surface area contributed by atoms with Crippen molar-refractivity contribution in [1.82, 2.24) is 14.7 Å². The average molecular weight is 496 g/mol. The molecule has 2 aliphatic rings. The highest BCUT2D eigenvalue weighted by atomic mass is 35.5. The van der Waals surface area contributed by atoms with Gasteiger partial charge in [0.25, 0.3) is 0 Å². The Kier molecular flexibility index (Phi) is 8.11. The largest absolute Gasteiger partial charge is 0.497 e. The molecule has 0 N–H and O–H groups in total. The summed E-state index contributed by atoms with van der Waals surface area (Å²) in [5, 5.41) is 10.6. The lowest BCUT2D eigenvalue weighted by atomic mass is 9.98. The number of benzene rings is 2. The number of hydrogen-bond acceptors (Lipinski definition) is 5. The normalized spacial score (nSPS) is 17.1. The molecule has 0 aromatic heterocycles. The third-order valence-corrected chi connectivity index (χ3v) is 6.72. The van der Waals surface area contributed by atoms with Gasteiger partial charge in [0.05, 0.1) is 31.6 Å².